The van der Waals surface area contributed by atoms with E-state index in [9.17, 15) is 9.59 Å². The van der Waals surface area contributed by atoms with Crippen molar-refractivity contribution < 1.29 is 19.1 Å². The molecule has 0 saturated carbocycles. The third-order valence-corrected chi connectivity index (χ3v) is 9.01. The first-order valence-electron chi connectivity index (χ1n) is 14.0. The number of ether oxygens (including phenoxy) is 2. The highest BCUT2D eigenvalue weighted by atomic mass is 28.3. The Morgan fingerprint density at radius 3 is 2.49 bits per heavy atom. The molecule has 212 valence electrons. The zero-order valence-electron chi connectivity index (χ0n) is 24.0. The highest BCUT2D eigenvalue weighted by Gasteiger charge is 2.30. The molecule has 3 heterocycles. The second-order valence-corrected chi connectivity index (χ2v) is 17.2. The highest BCUT2D eigenvalue weighted by Crippen LogP contribution is 2.26. The second kappa shape index (κ2) is 12.8. The van der Waals surface area contributed by atoms with Crippen molar-refractivity contribution in [1.82, 2.24) is 24.3 Å². The van der Waals surface area contributed by atoms with E-state index in [1.54, 1.807) is 13.4 Å². The zero-order chi connectivity index (χ0) is 28.0. The standard InChI is InChI=1S/C29H43N5O4Si/c1-6-13-30-27(35)23-11-14-32(15-12-23)29(36)26-18-25-28(33(20-31-25)21-38-16-17-39(3,4)5)34(26)19-22-7-9-24(37-2)10-8-22/h7-10,18,20,23H,6,11-17,19,21H2,1-5H3,(H,30,35). The van der Waals surface area contributed by atoms with Crippen LogP contribution in [0, 0.1) is 5.92 Å². The quantitative estimate of drug-likeness (QED) is 0.262. The summed E-state index contributed by atoms with van der Waals surface area (Å²) in [6.07, 6.45) is 4.06. The number of benzene rings is 1. The SMILES string of the molecule is CCCNC(=O)C1CCN(C(=O)c2cc3ncn(COCC[Si](C)(C)C)c3n2Cc2ccc(OC)cc2)CC1. The fraction of sp³-hybridized carbons (Fsp3) is 0.552. The van der Waals surface area contributed by atoms with Gasteiger partial charge < -0.3 is 24.3 Å². The summed E-state index contributed by atoms with van der Waals surface area (Å²) >= 11 is 0. The van der Waals surface area contributed by atoms with E-state index in [0.29, 0.717) is 58.1 Å². The number of fused-ring (bicyclic) bond motifs is 1. The summed E-state index contributed by atoms with van der Waals surface area (Å²) < 4.78 is 15.4. The normalized spacial score (nSPS) is 14.6. The molecule has 1 fully saturated rings. The molecule has 2 amide bonds. The van der Waals surface area contributed by atoms with E-state index >= 15 is 0 Å². The number of hydrogen-bond donors (Lipinski definition) is 1. The van der Waals surface area contributed by atoms with Gasteiger partial charge in [-0.15, -0.1) is 0 Å². The molecular weight excluding hydrogens is 510 g/mol. The van der Waals surface area contributed by atoms with Crippen LogP contribution >= 0.6 is 0 Å². The number of aromatic nitrogens is 3. The summed E-state index contributed by atoms with van der Waals surface area (Å²) in [5.41, 5.74) is 3.31. The Labute approximate surface area is 232 Å². The van der Waals surface area contributed by atoms with Crippen molar-refractivity contribution in [2.45, 2.75) is 65.1 Å². The lowest BCUT2D eigenvalue weighted by Crippen LogP contribution is -2.43. The number of nitrogens with zero attached hydrogens (tertiary/aromatic N) is 4. The number of methoxy groups -OCH3 is 1. The van der Waals surface area contributed by atoms with Crippen molar-refractivity contribution in [3.63, 3.8) is 0 Å². The molecule has 39 heavy (non-hydrogen) atoms. The lowest BCUT2D eigenvalue weighted by molar-refractivity contribution is -0.126. The molecule has 1 aromatic carbocycles. The number of piperidine rings is 1. The Bertz CT molecular complexity index is 1250. The monoisotopic (exact) mass is 553 g/mol. The smallest absolute Gasteiger partial charge is 0.270 e. The van der Waals surface area contributed by atoms with Crippen LogP contribution in [0.5, 0.6) is 5.75 Å². The maximum Gasteiger partial charge on any atom is 0.270 e. The van der Waals surface area contributed by atoms with Crippen LogP contribution in [0.25, 0.3) is 11.2 Å². The number of nitrogens with one attached hydrogen (secondary N) is 1. The first-order chi connectivity index (χ1) is 18.7. The number of likely N-dealkylation sites (tertiary alicyclic amines) is 1. The van der Waals surface area contributed by atoms with Gasteiger partial charge in [0.2, 0.25) is 5.91 Å². The molecule has 1 saturated heterocycles. The summed E-state index contributed by atoms with van der Waals surface area (Å²) in [6.45, 7) is 12.5. The van der Waals surface area contributed by atoms with Gasteiger partial charge in [0.1, 0.15) is 29.3 Å². The average molecular weight is 554 g/mol. The summed E-state index contributed by atoms with van der Waals surface area (Å²) in [5.74, 6) is 0.828. The Kier molecular flexibility index (Phi) is 9.50. The molecule has 1 aliphatic rings. The summed E-state index contributed by atoms with van der Waals surface area (Å²) in [7, 11) is 0.459. The van der Waals surface area contributed by atoms with Crippen molar-refractivity contribution in [3.05, 3.63) is 47.9 Å². The van der Waals surface area contributed by atoms with Crippen LogP contribution in [0.1, 0.15) is 42.2 Å². The maximum absolute atomic E-state index is 13.8. The van der Waals surface area contributed by atoms with Crippen molar-refractivity contribution in [3.8, 4) is 5.75 Å². The molecule has 3 aromatic rings. The van der Waals surface area contributed by atoms with Crippen molar-refractivity contribution in [2.24, 2.45) is 5.92 Å². The minimum Gasteiger partial charge on any atom is -0.497 e. The predicted octanol–water partition coefficient (Wildman–Crippen LogP) is 4.59. The van der Waals surface area contributed by atoms with Gasteiger partial charge in [0, 0.05) is 46.8 Å². The second-order valence-electron chi connectivity index (χ2n) is 11.6. The number of rotatable bonds is 12. The number of amides is 2. The van der Waals surface area contributed by atoms with E-state index < -0.39 is 8.07 Å². The number of carbonyl (C=O) groups excluding carboxylic acids is 2. The van der Waals surface area contributed by atoms with Gasteiger partial charge in [0.25, 0.3) is 5.91 Å². The van der Waals surface area contributed by atoms with Crippen LogP contribution in [0.3, 0.4) is 0 Å². The Balaban J connectivity index is 1.56. The van der Waals surface area contributed by atoms with E-state index in [1.807, 2.05) is 51.3 Å². The molecule has 10 heteroatoms. The van der Waals surface area contributed by atoms with Gasteiger partial charge >= 0.3 is 0 Å². The Morgan fingerprint density at radius 1 is 1.13 bits per heavy atom. The van der Waals surface area contributed by atoms with E-state index in [2.05, 4.69) is 29.9 Å². The maximum atomic E-state index is 13.8. The third-order valence-electron chi connectivity index (χ3n) is 7.31. The lowest BCUT2D eigenvalue weighted by atomic mass is 9.95. The minimum atomic E-state index is -1.19. The first-order valence-corrected chi connectivity index (χ1v) is 17.7. The van der Waals surface area contributed by atoms with Crippen LogP contribution in [0.4, 0.5) is 0 Å². The molecule has 2 aromatic heterocycles. The predicted molar refractivity (Wildman–Crippen MR) is 156 cm³/mol. The first kappa shape index (κ1) is 28.9. The Hall–Kier alpha value is -3.11. The van der Waals surface area contributed by atoms with Gasteiger partial charge in [0.05, 0.1) is 13.4 Å². The average Bonchev–Trinajstić information content (AvgIpc) is 3.49. The molecule has 0 bridgehead atoms. The fourth-order valence-corrected chi connectivity index (χ4v) is 5.65. The molecule has 0 unspecified atom stereocenters. The van der Waals surface area contributed by atoms with E-state index in [0.717, 1.165) is 34.9 Å². The number of hydrogen-bond acceptors (Lipinski definition) is 5. The zero-order valence-corrected chi connectivity index (χ0v) is 25.0. The van der Waals surface area contributed by atoms with Crippen molar-refractivity contribution in [2.75, 3.05) is 33.4 Å². The van der Waals surface area contributed by atoms with Crippen LogP contribution < -0.4 is 10.1 Å². The molecule has 0 atom stereocenters. The summed E-state index contributed by atoms with van der Waals surface area (Å²) in [6, 6.07) is 10.9. The topological polar surface area (TPSA) is 90.6 Å². The van der Waals surface area contributed by atoms with Crippen LogP contribution in [0.2, 0.25) is 25.7 Å². The molecule has 9 nitrogen and oxygen atoms in total. The van der Waals surface area contributed by atoms with Gasteiger partial charge in [0.15, 0.2) is 0 Å². The number of carbonyl (C=O) groups is 2. The van der Waals surface area contributed by atoms with Gasteiger partial charge in [-0.3, -0.25) is 14.2 Å². The van der Waals surface area contributed by atoms with Gasteiger partial charge in [-0.1, -0.05) is 38.7 Å². The summed E-state index contributed by atoms with van der Waals surface area (Å²) in [5, 5.41) is 3.00. The van der Waals surface area contributed by atoms with E-state index in [1.165, 1.54) is 0 Å². The van der Waals surface area contributed by atoms with Gasteiger partial charge in [-0.05, 0) is 49.1 Å². The largest absolute Gasteiger partial charge is 0.497 e. The molecule has 1 aliphatic heterocycles. The lowest BCUT2D eigenvalue weighted by Gasteiger charge is -2.31. The fourth-order valence-electron chi connectivity index (χ4n) is 4.89. The molecule has 0 radical (unpaired) electrons. The van der Waals surface area contributed by atoms with Gasteiger partial charge in [-0.25, -0.2) is 4.98 Å². The van der Waals surface area contributed by atoms with E-state index in [-0.39, 0.29) is 17.7 Å². The molecule has 0 aliphatic carbocycles. The van der Waals surface area contributed by atoms with Crippen molar-refractivity contribution in [1.29, 1.82) is 0 Å². The third kappa shape index (κ3) is 7.30. The van der Waals surface area contributed by atoms with E-state index in [4.69, 9.17) is 9.47 Å². The number of imidazole rings is 1. The van der Waals surface area contributed by atoms with Gasteiger partial charge in [-0.2, -0.15) is 0 Å². The van der Waals surface area contributed by atoms with Crippen LogP contribution in [0.15, 0.2) is 36.7 Å². The molecular formula is C29H43N5O4Si. The molecule has 0 spiro atoms. The molecule has 4 rings (SSSR count). The van der Waals surface area contributed by atoms with Crippen molar-refractivity contribution >= 4 is 31.1 Å². The highest BCUT2D eigenvalue weighted by molar-refractivity contribution is 6.76. The summed E-state index contributed by atoms with van der Waals surface area (Å²) in [4.78, 5) is 32.8. The molecule has 1 N–H and O–H groups in total. The van der Waals surface area contributed by atoms with Crippen LogP contribution in [-0.4, -0.2) is 72.3 Å². The van der Waals surface area contributed by atoms with Crippen LogP contribution in [-0.2, 0) is 22.8 Å². The minimum absolute atomic E-state index is 0.0277. The Morgan fingerprint density at radius 2 is 1.85 bits per heavy atom.